The van der Waals surface area contributed by atoms with Crippen LogP contribution in [0.15, 0.2) is 0 Å². The van der Waals surface area contributed by atoms with Crippen molar-refractivity contribution < 1.29 is 0 Å². The van der Waals surface area contributed by atoms with Crippen molar-refractivity contribution in [1.82, 2.24) is 5.32 Å². The van der Waals surface area contributed by atoms with Gasteiger partial charge in [0.15, 0.2) is 0 Å². The Morgan fingerprint density at radius 2 is 2.00 bits per heavy atom. The van der Waals surface area contributed by atoms with Crippen molar-refractivity contribution >= 4 is 6.34 Å². The molecular formula is C8H18N2. The summed E-state index contributed by atoms with van der Waals surface area (Å²) in [7, 11) is 0. The van der Waals surface area contributed by atoms with Gasteiger partial charge in [-0.25, -0.2) is 0 Å². The first-order valence-electron chi connectivity index (χ1n) is 3.78. The lowest BCUT2D eigenvalue weighted by Gasteiger charge is -2.17. The summed E-state index contributed by atoms with van der Waals surface area (Å²) in [6.07, 6.45) is 3.62. The van der Waals surface area contributed by atoms with Gasteiger partial charge in [0, 0.05) is 6.54 Å². The molecule has 0 unspecified atom stereocenters. The third-order valence-electron chi connectivity index (χ3n) is 1.35. The second-order valence-electron chi connectivity index (χ2n) is 3.76. The van der Waals surface area contributed by atoms with Crippen LogP contribution < -0.4 is 5.32 Å². The zero-order valence-corrected chi connectivity index (χ0v) is 7.20. The van der Waals surface area contributed by atoms with Gasteiger partial charge in [0.05, 0.1) is 6.34 Å². The van der Waals surface area contributed by atoms with E-state index in [2.05, 4.69) is 26.1 Å². The number of rotatable bonds is 4. The van der Waals surface area contributed by atoms with Crippen LogP contribution in [0.25, 0.3) is 0 Å². The highest BCUT2D eigenvalue weighted by Crippen LogP contribution is 2.19. The maximum Gasteiger partial charge on any atom is 0.0791 e. The number of hydrogen-bond donors (Lipinski definition) is 2. The normalized spacial score (nSPS) is 11.1. The van der Waals surface area contributed by atoms with E-state index in [9.17, 15) is 0 Å². The average molecular weight is 142 g/mol. The zero-order chi connectivity index (χ0) is 8.04. The quantitative estimate of drug-likeness (QED) is 0.351. The molecule has 0 atom stereocenters. The Labute approximate surface area is 63.5 Å². The van der Waals surface area contributed by atoms with Crippen LogP contribution in [0.1, 0.15) is 33.6 Å². The fourth-order valence-corrected chi connectivity index (χ4v) is 0.793. The molecule has 0 aliphatic carbocycles. The summed E-state index contributed by atoms with van der Waals surface area (Å²) in [4.78, 5) is 0. The molecule has 0 bridgehead atoms. The molecule has 0 saturated carbocycles. The highest BCUT2D eigenvalue weighted by Gasteiger charge is 2.07. The summed E-state index contributed by atoms with van der Waals surface area (Å²) in [6.45, 7) is 7.63. The third kappa shape index (κ3) is 7.47. The van der Waals surface area contributed by atoms with Crippen molar-refractivity contribution in [2.24, 2.45) is 5.41 Å². The van der Waals surface area contributed by atoms with Gasteiger partial charge in [-0.05, 0) is 18.3 Å². The van der Waals surface area contributed by atoms with E-state index >= 15 is 0 Å². The molecule has 0 saturated heterocycles. The van der Waals surface area contributed by atoms with Gasteiger partial charge in [-0.1, -0.05) is 20.8 Å². The van der Waals surface area contributed by atoms with Crippen LogP contribution in [-0.4, -0.2) is 12.9 Å². The topological polar surface area (TPSA) is 35.9 Å². The fraction of sp³-hybridized carbons (Fsp3) is 0.875. The van der Waals surface area contributed by atoms with E-state index < -0.39 is 0 Å². The molecule has 0 heterocycles. The van der Waals surface area contributed by atoms with Crippen molar-refractivity contribution in [3.8, 4) is 0 Å². The molecule has 0 aromatic rings. The van der Waals surface area contributed by atoms with E-state index in [0.29, 0.717) is 5.41 Å². The van der Waals surface area contributed by atoms with Crippen molar-refractivity contribution in [3.63, 3.8) is 0 Å². The van der Waals surface area contributed by atoms with Gasteiger partial charge in [0.25, 0.3) is 0 Å². The molecule has 0 fully saturated rings. The first kappa shape index (κ1) is 9.47. The summed E-state index contributed by atoms with van der Waals surface area (Å²) in [6, 6.07) is 0. The fourth-order valence-electron chi connectivity index (χ4n) is 0.793. The van der Waals surface area contributed by atoms with Crippen molar-refractivity contribution in [2.45, 2.75) is 33.6 Å². The lowest BCUT2D eigenvalue weighted by atomic mass is 9.91. The molecule has 0 spiro atoms. The van der Waals surface area contributed by atoms with Gasteiger partial charge in [0.2, 0.25) is 0 Å². The van der Waals surface area contributed by atoms with Gasteiger partial charge >= 0.3 is 0 Å². The first-order valence-corrected chi connectivity index (χ1v) is 3.78. The van der Waals surface area contributed by atoms with Crippen LogP contribution >= 0.6 is 0 Å². The largest absolute Gasteiger partial charge is 0.377 e. The predicted molar refractivity (Wildman–Crippen MR) is 45.5 cm³/mol. The number of nitrogens with one attached hydrogen (secondary N) is 2. The summed E-state index contributed by atoms with van der Waals surface area (Å²) < 4.78 is 0. The summed E-state index contributed by atoms with van der Waals surface area (Å²) >= 11 is 0. The van der Waals surface area contributed by atoms with E-state index in [1.165, 1.54) is 12.8 Å². The minimum atomic E-state index is 0.434. The Morgan fingerprint density at radius 1 is 1.40 bits per heavy atom. The molecule has 60 valence electrons. The molecule has 10 heavy (non-hydrogen) atoms. The maximum absolute atomic E-state index is 6.70. The molecule has 0 aromatic heterocycles. The smallest absolute Gasteiger partial charge is 0.0791 e. The second-order valence-corrected chi connectivity index (χ2v) is 3.76. The molecule has 0 amide bonds. The Bertz CT molecular complexity index is 91.9. The SMILES string of the molecule is CC(C)(C)CCCNC=N. The van der Waals surface area contributed by atoms with Crippen molar-refractivity contribution in [1.29, 1.82) is 5.41 Å². The van der Waals surface area contributed by atoms with Crippen LogP contribution in [0.3, 0.4) is 0 Å². The van der Waals surface area contributed by atoms with E-state index in [-0.39, 0.29) is 0 Å². The van der Waals surface area contributed by atoms with E-state index in [0.717, 1.165) is 13.0 Å². The van der Waals surface area contributed by atoms with Crippen molar-refractivity contribution in [2.75, 3.05) is 6.54 Å². The van der Waals surface area contributed by atoms with Crippen molar-refractivity contribution in [3.05, 3.63) is 0 Å². The van der Waals surface area contributed by atoms with Crippen LogP contribution in [0, 0.1) is 10.8 Å². The molecule has 2 nitrogen and oxygen atoms in total. The molecule has 2 heteroatoms. The molecule has 0 radical (unpaired) electrons. The molecule has 2 N–H and O–H groups in total. The van der Waals surface area contributed by atoms with E-state index in [4.69, 9.17) is 5.41 Å². The molecular weight excluding hydrogens is 124 g/mol. The Hall–Kier alpha value is -0.530. The summed E-state index contributed by atoms with van der Waals surface area (Å²) in [5, 5.41) is 9.56. The van der Waals surface area contributed by atoms with Gasteiger partial charge < -0.3 is 5.32 Å². The lowest BCUT2D eigenvalue weighted by Crippen LogP contribution is -2.14. The van der Waals surface area contributed by atoms with Crippen LogP contribution in [0.5, 0.6) is 0 Å². The van der Waals surface area contributed by atoms with Crippen LogP contribution in [0.2, 0.25) is 0 Å². The molecule has 0 aliphatic rings. The van der Waals surface area contributed by atoms with E-state index in [1.54, 1.807) is 0 Å². The lowest BCUT2D eigenvalue weighted by molar-refractivity contribution is 0.366. The number of hydrogen-bond acceptors (Lipinski definition) is 1. The highest BCUT2D eigenvalue weighted by molar-refractivity contribution is 5.49. The Morgan fingerprint density at radius 3 is 2.40 bits per heavy atom. The maximum atomic E-state index is 6.70. The Balaban J connectivity index is 3.12. The first-order chi connectivity index (χ1) is 4.56. The molecule has 0 aromatic carbocycles. The summed E-state index contributed by atoms with van der Waals surface area (Å²) in [5.41, 5.74) is 0.434. The second kappa shape index (κ2) is 4.31. The monoisotopic (exact) mass is 142 g/mol. The standard InChI is InChI=1S/C8H18N2/c1-8(2,3)5-4-6-10-7-9/h7H,4-6H2,1-3H3,(H2,9,10). The van der Waals surface area contributed by atoms with Gasteiger partial charge in [-0.3, -0.25) is 5.41 Å². The average Bonchev–Trinajstić information content (AvgIpc) is 1.78. The molecule has 0 rings (SSSR count). The van der Waals surface area contributed by atoms with Gasteiger partial charge in [-0.2, -0.15) is 0 Å². The van der Waals surface area contributed by atoms with Gasteiger partial charge in [0.1, 0.15) is 0 Å². The van der Waals surface area contributed by atoms with Crippen LogP contribution in [0.4, 0.5) is 0 Å². The highest BCUT2D eigenvalue weighted by atomic mass is 14.9. The summed E-state index contributed by atoms with van der Waals surface area (Å²) in [5.74, 6) is 0. The molecule has 0 aliphatic heterocycles. The van der Waals surface area contributed by atoms with Gasteiger partial charge in [-0.15, -0.1) is 0 Å². The van der Waals surface area contributed by atoms with Crippen LogP contribution in [-0.2, 0) is 0 Å². The zero-order valence-electron chi connectivity index (χ0n) is 7.20. The third-order valence-corrected chi connectivity index (χ3v) is 1.35. The minimum Gasteiger partial charge on any atom is -0.377 e. The Kier molecular flexibility index (Phi) is 4.08. The predicted octanol–water partition coefficient (Wildman–Crippen LogP) is 2.01. The van der Waals surface area contributed by atoms with E-state index in [1.807, 2.05) is 0 Å². The minimum absolute atomic E-state index is 0.434.